The number of carbonyl (C=O) groups is 1. The first-order valence-electron chi connectivity index (χ1n) is 15.5. The summed E-state index contributed by atoms with van der Waals surface area (Å²) in [4.78, 5) is 25.9. The van der Waals surface area contributed by atoms with E-state index in [4.69, 9.17) is 14.1 Å². The average molecular weight is 592 g/mol. The van der Waals surface area contributed by atoms with Crippen LogP contribution in [0.4, 0.5) is 5.95 Å². The minimum atomic E-state index is 0.0454. The van der Waals surface area contributed by atoms with Gasteiger partial charge in [0.15, 0.2) is 0 Å². The number of nitrogens with one attached hydrogen (secondary N) is 2. The first kappa shape index (κ1) is 29.5. The van der Waals surface area contributed by atoms with E-state index in [1.165, 1.54) is 5.56 Å². The first-order valence-corrected chi connectivity index (χ1v) is 15.5. The molecule has 0 saturated carbocycles. The molecule has 228 valence electrons. The molecule has 1 atom stereocenters. The number of hydrogen-bond acceptors (Lipinski definition) is 6. The van der Waals surface area contributed by atoms with E-state index in [1.54, 1.807) is 13.4 Å². The molecule has 6 rings (SSSR count). The predicted molar refractivity (Wildman–Crippen MR) is 174 cm³/mol. The molecule has 1 fully saturated rings. The molecule has 8 nitrogen and oxygen atoms in total. The number of H-pyrrole nitrogens is 1. The van der Waals surface area contributed by atoms with Crippen LogP contribution in [0.15, 0.2) is 95.6 Å². The van der Waals surface area contributed by atoms with Gasteiger partial charge in [0, 0.05) is 50.6 Å². The molecule has 1 aliphatic rings. The molecule has 1 saturated heterocycles. The van der Waals surface area contributed by atoms with E-state index < -0.39 is 0 Å². The first-order chi connectivity index (χ1) is 21.6. The summed E-state index contributed by atoms with van der Waals surface area (Å²) in [6, 6.07) is 28.3. The van der Waals surface area contributed by atoms with E-state index in [1.807, 2.05) is 66.5 Å². The highest BCUT2D eigenvalue weighted by Gasteiger charge is 2.24. The smallest absolute Gasteiger partial charge is 0.253 e. The largest absolute Gasteiger partial charge is 0.497 e. The zero-order valence-electron chi connectivity index (χ0n) is 25.5. The van der Waals surface area contributed by atoms with Crippen LogP contribution < -0.4 is 10.1 Å². The lowest BCUT2D eigenvalue weighted by molar-refractivity contribution is 0.0782. The molecule has 44 heavy (non-hydrogen) atoms. The summed E-state index contributed by atoms with van der Waals surface area (Å²) in [7, 11) is 3.60. The van der Waals surface area contributed by atoms with Crippen LogP contribution in [0.25, 0.3) is 11.0 Å². The van der Waals surface area contributed by atoms with Crippen molar-refractivity contribution in [3.8, 4) is 5.75 Å². The normalized spacial score (nSPS) is 14.9. The lowest BCUT2D eigenvalue weighted by Crippen LogP contribution is -2.40. The number of rotatable bonds is 12. The monoisotopic (exact) mass is 591 g/mol. The fourth-order valence-electron chi connectivity index (χ4n) is 6.21. The fraction of sp³-hybridized carbons (Fsp3) is 0.333. The Labute approximate surface area is 259 Å². The van der Waals surface area contributed by atoms with Gasteiger partial charge in [0.25, 0.3) is 5.91 Å². The van der Waals surface area contributed by atoms with E-state index in [2.05, 4.69) is 45.5 Å². The molecular formula is C36H41N5O3. The molecule has 0 spiro atoms. The number of likely N-dealkylation sites (N-methyl/N-ethyl adjacent to an activating group) is 1. The highest BCUT2D eigenvalue weighted by atomic mass is 16.5. The van der Waals surface area contributed by atoms with Crippen LogP contribution in [0.1, 0.15) is 52.4 Å². The quantitative estimate of drug-likeness (QED) is 0.171. The van der Waals surface area contributed by atoms with Gasteiger partial charge in [-0.2, -0.15) is 0 Å². The van der Waals surface area contributed by atoms with Crippen LogP contribution in [0.3, 0.4) is 0 Å². The van der Waals surface area contributed by atoms with Crippen molar-refractivity contribution in [2.24, 2.45) is 0 Å². The summed E-state index contributed by atoms with van der Waals surface area (Å²) >= 11 is 0. The number of anilines is 1. The van der Waals surface area contributed by atoms with E-state index in [9.17, 15) is 4.79 Å². The van der Waals surface area contributed by atoms with Gasteiger partial charge >= 0.3 is 0 Å². The second kappa shape index (κ2) is 13.8. The second-order valence-electron chi connectivity index (χ2n) is 11.7. The number of likely N-dealkylation sites (tertiary alicyclic amines) is 1. The lowest BCUT2D eigenvalue weighted by Gasteiger charge is -2.34. The van der Waals surface area contributed by atoms with Crippen LogP contribution in [-0.4, -0.2) is 72.1 Å². The Morgan fingerprint density at radius 1 is 1.07 bits per heavy atom. The second-order valence-corrected chi connectivity index (χ2v) is 11.7. The number of para-hydroxylation sites is 1. The Bertz CT molecular complexity index is 1640. The number of benzene rings is 3. The lowest BCUT2D eigenvalue weighted by atomic mass is 9.93. The highest BCUT2D eigenvalue weighted by molar-refractivity contribution is 5.94. The van der Waals surface area contributed by atoms with E-state index >= 15 is 0 Å². The van der Waals surface area contributed by atoms with Crippen LogP contribution in [0.2, 0.25) is 0 Å². The number of imidazole rings is 1. The van der Waals surface area contributed by atoms with Crippen molar-refractivity contribution in [3.05, 3.63) is 114 Å². The van der Waals surface area contributed by atoms with Crippen LogP contribution in [-0.2, 0) is 6.42 Å². The molecule has 0 bridgehead atoms. The predicted octanol–water partition coefficient (Wildman–Crippen LogP) is 6.58. The number of ether oxygens (including phenoxy) is 1. The third-order valence-corrected chi connectivity index (χ3v) is 8.69. The van der Waals surface area contributed by atoms with Crippen LogP contribution >= 0.6 is 0 Å². The number of aromatic nitrogens is 2. The standard InChI is InChI=1S/C36H41N5O3/c1-40(35(42)26-9-4-3-5-10-26)25-29(27-11-6-13-31(23-27)43-2)16-19-41-20-17-30(18-21-41)37-36-38-33-15-7-12-28(34(33)39-36)24-32-14-8-22-44-32/h3-15,22-23,29-30H,16-21,24-25H2,1-2H3,(H2,37,38,39). The zero-order chi connectivity index (χ0) is 30.3. The minimum Gasteiger partial charge on any atom is -0.497 e. The fourth-order valence-corrected chi connectivity index (χ4v) is 6.21. The van der Waals surface area contributed by atoms with Crippen LogP contribution in [0.5, 0.6) is 5.75 Å². The number of carbonyl (C=O) groups excluding carboxylic acids is 1. The zero-order valence-corrected chi connectivity index (χ0v) is 25.5. The number of amides is 1. The SMILES string of the molecule is COc1cccc(C(CCN2CCC(Nc3nc4c(Cc5ccco5)cccc4[nH]3)CC2)CN(C)C(=O)c2ccccc2)c1. The molecule has 1 aliphatic heterocycles. The highest BCUT2D eigenvalue weighted by Crippen LogP contribution is 2.27. The summed E-state index contributed by atoms with van der Waals surface area (Å²) in [5.41, 5.74) is 5.09. The number of fused-ring (bicyclic) bond motifs is 1. The van der Waals surface area contributed by atoms with Crippen molar-refractivity contribution >= 4 is 22.9 Å². The van der Waals surface area contributed by atoms with E-state index in [0.29, 0.717) is 18.2 Å². The van der Waals surface area contributed by atoms with Crippen molar-refractivity contribution < 1.29 is 13.9 Å². The molecule has 5 aromatic rings. The Morgan fingerprint density at radius 2 is 1.89 bits per heavy atom. The van der Waals surface area contributed by atoms with Gasteiger partial charge in [-0.1, -0.05) is 42.5 Å². The molecule has 1 unspecified atom stereocenters. The van der Waals surface area contributed by atoms with Gasteiger partial charge in [-0.15, -0.1) is 0 Å². The molecule has 0 aliphatic carbocycles. The van der Waals surface area contributed by atoms with E-state index in [-0.39, 0.29) is 11.8 Å². The maximum atomic E-state index is 13.1. The Kier molecular flexibility index (Phi) is 9.27. The van der Waals surface area contributed by atoms with Crippen molar-refractivity contribution in [1.29, 1.82) is 0 Å². The third-order valence-electron chi connectivity index (χ3n) is 8.69. The molecule has 0 radical (unpaired) electrons. The summed E-state index contributed by atoms with van der Waals surface area (Å²) in [6.07, 6.45) is 5.49. The van der Waals surface area contributed by atoms with Gasteiger partial charge in [-0.3, -0.25) is 4.79 Å². The summed E-state index contributed by atoms with van der Waals surface area (Å²) in [6.45, 7) is 3.66. The van der Waals surface area contributed by atoms with Crippen molar-refractivity contribution in [1.82, 2.24) is 19.8 Å². The topological polar surface area (TPSA) is 86.6 Å². The number of aromatic amines is 1. The number of nitrogens with zero attached hydrogens (tertiary/aromatic N) is 3. The Morgan fingerprint density at radius 3 is 2.66 bits per heavy atom. The van der Waals surface area contributed by atoms with Gasteiger partial charge in [0.1, 0.15) is 11.5 Å². The number of methoxy groups -OCH3 is 1. The maximum Gasteiger partial charge on any atom is 0.253 e. The van der Waals surface area contributed by atoms with Gasteiger partial charge < -0.3 is 29.3 Å². The van der Waals surface area contributed by atoms with Crippen molar-refractivity contribution in [2.45, 2.75) is 37.6 Å². The van der Waals surface area contributed by atoms with Crippen LogP contribution in [0, 0.1) is 0 Å². The van der Waals surface area contributed by atoms with Crippen molar-refractivity contribution in [3.63, 3.8) is 0 Å². The van der Waals surface area contributed by atoms with Crippen molar-refractivity contribution in [2.75, 3.05) is 45.7 Å². The molecular weight excluding hydrogens is 550 g/mol. The molecule has 2 N–H and O–H groups in total. The number of piperidine rings is 1. The summed E-state index contributed by atoms with van der Waals surface area (Å²) in [5, 5.41) is 3.66. The van der Waals surface area contributed by atoms with Gasteiger partial charge in [0.05, 0.1) is 24.4 Å². The molecule has 3 heterocycles. The maximum absolute atomic E-state index is 13.1. The molecule has 8 heteroatoms. The third kappa shape index (κ3) is 7.14. The van der Waals surface area contributed by atoms with E-state index in [0.717, 1.165) is 79.4 Å². The molecule has 2 aromatic heterocycles. The van der Waals surface area contributed by atoms with Gasteiger partial charge in [-0.25, -0.2) is 4.98 Å². The Balaban J connectivity index is 1.05. The van der Waals surface area contributed by atoms with Gasteiger partial charge in [0.2, 0.25) is 5.95 Å². The number of hydrogen-bond donors (Lipinski definition) is 2. The summed E-state index contributed by atoms with van der Waals surface area (Å²) < 4.78 is 11.1. The van der Waals surface area contributed by atoms with Gasteiger partial charge in [-0.05, 0) is 79.4 Å². The molecule has 1 amide bonds. The Hall–Kier alpha value is -4.56. The summed E-state index contributed by atoms with van der Waals surface area (Å²) in [5.74, 6) is 2.85. The number of furan rings is 1. The average Bonchev–Trinajstić information content (AvgIpc) is 3.74. The molecule has 3 aromatic carbocycles. The minimum absolute atomic E-state index is 0.0454.